The third-order valence-electron chi connectivity index (χ3n) is 4.14. The fourth-order valence-corrected chi connectivity index (χ4v) is 2.42. The topological polar surface area (TPSA) is 3.24 Å². The van der Waals surface area contributed by atoms with E-state index in [1.165, 1.54) is 31.2 Å². The van der Waals surface area contributed by atoms with E-state index in [0.717, 1.165) is 19.4 Å². The van der Waals surface area contributed by atoms with Gasteiger partial charge in [0, 0.05) is 13.0 Å². The second kappa shape index (κ2) is 9.64. The van der Waals surface area contributed by atoms with Crippen molar-refractivity contribution in [3.8, 4) is 11.8 Å². The molecule has 0 spiro atoms. The quantitative estimate of drug-likeness (QED) is 0.465. The summed E-state index contributed by atoms with van der Waals surface area (Å²) >= 11 is 0. The number of rotatable bonds is 8. The van der Waals surface area contributed by atoms with Crippen molar-refractivity contribution in [1.29, 1.82) is 0 Å². The maximum absolute atomic E-state index is 3.56. The number of benzene rings is 1. The lowest BCUT2D eigenvalue weighted by Gasteiger charge is -2.35. The van der Waals surface area contributed by atoms with Crippen LogP contribution in [0.5, 0.6) is 0 Å². The summed E-state index contributed by atoms with van der Waals surface area (Å²) in [4.78, 5) is 2.41. The van der Waals surface area contributed by atoms with Crippen LogP contribution in [0.2, 0.25) is 0 Å². The second-order valence-electron chi connectivity index (χ2n) is 6.12. The third-order valence-corrected chi connectivity index (χ3v) is 4.14. The molecule has 1 heteroatoms. The van der Waals surface area contributed by atoms with Crippen molar-refractivity contribution in [1.82, 2.24) is 4.90 Å². The predicted molar refractivity (Wildman–Crippen MR) is 93.1 cm³/mol. The van der Waals surface area contributed by atoms with Crippen LogP contribution in [0, 0.1) is 11.8 Å². The van der Waals surface area contributed by atoms with Gasteiger partial charge in [-0.05, 0) is 32.4 Å². The Bertz CT molecular complexity index is 440. The molecule has 0 fully saturated rings. The van der Waals surface area contributed by atoms with Gasteiger partial charge >= 0.3 is 0 Å². The van der Waals surface area contributed by atoms with Crippen LogP contribution in [-0.4, -0.2) is 17.5 Å². The van der Waals surface area contributed by atoms with Gasteiger partial charge in [-0.15, -0.1) is 5.92 Å². The molecule has 1 atom stereocenters. The molecule has 0 aliphatic heterocycles. The Balaban J connectivity index is 2.75. The van der Waals surface area contributed by atoms with Crippen molar-refractivity contribution in [2.75, 3.05) is 7.05 Å². The number of hydrogen-bond donors (Lipinski definition) is 0. The first-order valence-corrected chi connectivity index (χ1v) is 8.37. The van der Waals surface area contributed by atoms with E-state index in [1.54, 1.807) is 0 Å². The Labute approximate surface area is 131 Å². The summed E-state index contributed by atoms with van der Waals surface area (Å²) in [7, 11) is 2.21. The first-order valence-electron chi connectivity index (χ1n) is 8.37. The molecule has 21 heavy (non-hydrogen) atoms. The first kappa shape index (κ1) is 17.8. The molecule has 0 N–H and O–H groups in total. The molecular formula is C20H31N. The molecule has 0 radical (unpaired) electrons. The number of nitrogens with zero attached hydrogens (tertiary/aromatic N) is 1. The van der Waals surface area contributed by atoms with Gasteiger partial charge in [-0.3, -0.25) is 4.90 Å². The van der Waals surface area contributed by atoms with Crippen LogP contribution >= 0.6 is 0 Å². The fourth-order valence-electron chi connectivity index (χ4n) is 2.42. The van der Waals surface area contributed by atoms with Crippen molar-refractivity contribution < 1.29 is 0 Å². The molecule has 0 saturated heterocycles. The van der Waals surface area contributed by atoms with Gasteiger partial charge < -0.3 is 0 Å². The summed E-state index contributed by atoms with van der Waals surface area (Å²) in [6.45, 7) is 7.73. The average molecular weight is 285 g/mol. The highest BCUT2D eigenvalue weighted by Gasteiger charge is 2.26. The monoisotopic (exact) mass is 285 g/mol. The second-order valence-corrected chi connectivity index (χ2v) is 6.12. The Kier molecular flexibility index (Phi) is 8.16. The molecule has 1 aromatic rings. The minimum atomic E-state index is -0.0143. The van der Waals surface area contributed by atoms with Crippen molar-refractivity contribution >= 4 is 0 Å². The molecule has 1 nitrogen and oxygen atoms in total. The molecule has 0 aliphatic carbocycles. The molecular weight excluding hydrogens is 254 g/mol. The summed E-state index contributed by atoms with van der Waals surface area (Å²) in [5.41, 5.74) is 1.35. The normalized spacial score (nSPS) is 13.6. The van der Waals surface area contributed by atoms with Gasteiger partial charge in [-0.1, -0.05) is 69.4 Å². The Morgan fingerprint density at radius 3 is 2.33 bits per heavy atom. The highest BCUT2D eigenvalue weighted by atomic mass is 15.2. The van der Waals surface area contributed by atoms with E-state index in [-0.39, 0.29) is 5.54 Å². The summed E-state index contributed by atoms with van der Waals surface area (Å²) in [5.74, 6) is 6.97. The van der Waals surface area contributed by atoms with Crippen LogP contribution in [0.15, 0.2) is 30.3 Å². The smallest absolute Gasteiger partial charge is 0.0797 e. The van der Waals surface area contributed by atoms with E-state index in [2.05, 4.69) is 74.9 Å². The van der Waals surface area contributed by atoms with E-state index in [0.29, 0.717) is 0 Å². The molecule has 0 saturated carbocycles. The van der Waals surface area contributed by atoms with Gasteiger partial charge in [0.2, 0.25) is 0 Å². The molecule has 0 bridgehead atoms. The molecule has 0 aliphatic rings. The Hall–Kier alpha value is -1.26. The minimum absolute atomic E-state index is 0.0143. The van der Waals surface area contributed by atoms with E-state index < -0.39 is 0 Å². The van der Waals surface area contributed by atoms with Gasteiger partial charge in [0.05, 0.1) is 5.54 Å². The number of hydrogen-bond acceptors (Lipinski definition) is 1. The lowest BCUT2D eigenvalue weighted by Crippen LogP contribution is -2.42. The summed E-state index contributed by atoms with van der Waals surface area (Å²) in [6, 6.07) is 10.7. The van der Waals surface area contributed by atoms with Crippen LogP contribution in [0.25, 0.3) is 0 Å². The van der Waals surface area contributed by atoms with E-state index in [9.17, 15) is 0 Å². The molecule has 1 unspecified atom stereocenters. The van der Waals surface area contributed by atoms with Gasteiger partial charge in [0.15, 0.2) is 0 Å². The van der Waals surface area contributed by atoms with Crippen molar-refractivity contribution in [3.05, 3.63) is 35.9 Å². The first-order chi connectivity index (χ1) is 10.1. The zero-order valence-electron chi connectivity index (χ0n) is 14.3. The van der Waals surface area contributed by atoms with Crippen LogP contribution in [0.3, 0.4) is 0 Å². The van der Waals surface area contributed by atoms with Gasteiger partial charge in [-0.2, -0.15) is 0 Å². The maximum atomic E-state index is 3.56. The van der Waals surface area contributed by atoms with Crippen LogP contribution in [0.4, 0.5) is 0 Å². The summed E-state index contributed by atoms with van der Waals surface area (Å²) in [5, 5.41) is 0. The highest BCUT2D eigenvalue weighted by molar-refractivity contribution is 5.19. The maximum Gasteiger partial charge on any atom is 0.0797 e. The average Bonchev–Trinajstić information content (AvgIpc) is 2.50. The minimum Gasteiger partial charge on any atom is -0.286 e. The largest absolute Gasteiger partial charge is 0.286 e. The molecule has 1 aromatic carbocycles. The summed E-state index contributed by atoms with van der Waals surface area (Å²) in [6.07, 6.45) is 7.06. The Morgan fingerprint density at radius 2 is 1.71 bits per heavy atom. The lowest BCUT2D eigenvalue weighted by molar-refractivity contribution is 0.172. The zero-order valence-corrected chi connectivity index (χ0v) is 14.3. The standard InChI is InChI=1S/C20H31N/c1-5-7-9-13-17-20(3,16-8-6-2)21(4)18-19-14-11-10-12-15-19/h10-12,14-15H,5-9,16,18H2,1-4H3. The van der Waals surface area contributed by atoms with Crippen molar-refractivity contribution in [2.45, 2.75) is 71.4 Å². The Morgan fingerprint density at radius 1 is 1.05 bits per heavy atom. The van der Waals surface area contributed by atoms with E-state index >= 15 is 0 Å². The van der Waals surface area contributed by atoms with E-state index in [1.807, 2.05) is 0 Å². The van der Waals surface area contributed by atoms with Gasteiger partial charge in [0.1, 0.15) is 0 Å². The molecule has 1 rings (SSSR count). The molecule has 0 heterocycles. The van der Waals surface area contributed by atoms with Crippen LogP contribution in [0.1, 0.15) is 64.9 Å². The third kappa shape index (κ3) is 6.36. The zero-order chi connectivity index (χ0) is 15.6. The van der Waals surface area contributed by atoms with Crippen LogP contribution < -0.4 is 0 Å². The van der Waals surface area contributed by atoms with Gasteiger partial charge in [-0.25, -0.2) is 0 Å². The van der Waals surface area contributed by atoms with Crippen molar-refractivity contribution in [3.63, 3.8) is 0 Å². The molecule has 0 amide bonds. The predicted octanol–water partition coefficient (Wildman–Crippen LogP) is 5.26. The van der Waals surface area contributed by atoms with Gasteiger partial charge in [0.25, 0.3) is 0 Å². The summed E-state index contributed by atoms with van der Waals surface area (Å²) < 4.78 is 0. The molecule has 0 aromatic heterocycles. The number of unbranched alkanes of at least 4 members (excludes halogenated alkanes) is 3. The lowest BCUT2D eigenvalue weighted by atomic mass is 9.93. The highest BCUT2D eigenvalue weighted by Crippen LogP contribution is 2.22. The van der Waals surface area contributed by atoms with E-state index in [4.69, 9.17) is 0 Å². The van der Waals surface area contributed by atoms with Crippen molar-refractivity contribution in [2.24, 2.45) is 0 Å². The molecule has 116 valence electrons. The fraction of sp³-hybridized carbons (Fsp3) is 0.600. The van der Waals surface area contributed by atoms with Crippen LogP contribution in [-0.2, 0) is 6.54 Å². The SMILES string of the molecule is CCCCC#CC(C)(CCCC)N(C)Cc1ccccc1.